The zero-order valence-corrected chi connectivity index (χ0v) is 25.3. The summed E-state index contributed by atoms with van der Waals surface area (Å²) in [5.74, 6) is 1.76. The van der Waals surface area contributed by atoms with E-state index in [2.05, 4.69) is 137 Å². The van der Waals surface area contributed by atoms with Gasteiger partial charge in [-0.3, -0.25) is 4.99 Å². The number of benzene rings is 4. The lowest BCUT2D eigenvalue weighted by Gasteiger charge is -2.17. The number of aromatic amines is 1. The van der Waals surface area contributed by atoms with Crippen LogP contribution in [0, 0.1) is 12.8 Å². The molecule has 0 unspecified atom stereocenters. The summed E-state index contributed by atoms with van der Waals surface area (Å²) in [6.45, 7) is 18.8. The third-order valence-electron chi connectivity index (χ3n) is 7.90. The van der Waals surface area contributed by atoms with E-state index in [4.69, 9.17) is 4.98 Å². The van der Waals surface area contributed by atoms with Crippen molar-refractivity contribution in [1.82, 2.24) is 15.3 Å². The zero-order valence-electron chi connectivity index (χ0n) is 25.3. The second-order valence-corrected chi connectivity index (χ2v) is 11.3. The van der Waals surface area contributed by atoms with Gasteiger partial charge < -0.3 is 10.3 Å². The standard InChI is InChI=1S/C37H40N4/c1-9-33(22(4)5)39-34(10-2)29-15-14-25-18-26(12-13-27(25)19-29)28-16-17-30-31(20-28)32(21-38-11-3)24(8)35-36(30)41-37(40-35)23(6)7/h9-23,39H,3H2,1-2,4-8H3,(H,40,41)/b33-9-,34-10-,38-21-. The molecule has 0 fully saturated rings. The normalized spacial score (nSPS) is 13.0. The molecule has 41 heavy (non-hydrogen) atoms. The van der Waals surface area contributed by atoms with Gasteiger partial charge in [-0.05, 0) is 83.3 Å². The summed E-state index contributed by atoms with van der Waals surface area (Å²) in [5.41, 5.74) is 10.2. The molecule has 0 saturated carbocycles. The number of aliphatic imine (C=N–C) groups is 1. The molecular formula is C37H40N4. The molecule has 5 rings (SSSR count). The van der Waals surface area contributed by atoms with Crippen LogP contribution in [0.5, 0.6) is 0 Å². The van der Waals surface area contributed by atoms with Gasteiger partial charge in [-0.1, -0.05) is 82.8 Å². The number of imidazole rings is 1. The number of hydrogen-bond donors (Lipinski definition) is 2. The predicted molar refractivity (Wildman–Crippen MR) is 179 cm³/mol. The number of H-pyrrole nitrogens is 1. The molecule has 0 atom stereocenters. The fourth-order valence-electron chi connectivity index (χ4n) is 5.53. The lowest BCUT2D eigenvalue weighted by molar-refractivity contribution is 0.717. The fraction of sp³-hybridized carbons (Fsp3) is 0.243. The first-order chi connectivity index (χ1) is 19.7. The molecule has 2 N–H and O–H groups in total. The third kappa shape index (κ3) is 5.35. The molecule has 0 aliphatic heterocycles. The minimum Gasteiger partial charge on any atom is -0.359 e. The molecule has 1 heterocycles. The molecule has 4 heteroatoms. The monoisotopic (exact) mass is 540 g/mol. The summed E-state index contributed by atoms with van der Waals surface area (Å²) < 4.78 is 0. The molecule has 0 aliphatic rings. The van der Waals surface area contributed by atoms with E-state index in [1.807, 2.05) is 6.21 Å². The average Bonchev–Trinajstić information content (AvgIpc) is 3.43. The lowest BCUT2D eigenvalue weighted by atomic mass is 9.93. The summed E-state index contributed by atoms with van der Waals surface area (Å²) in [6, 6.07) is 20.1. The molecule has 0 saturated heterocycles. The molecule has 4 nitrogen and oxygen atoms in total. The van der Waals surface area contributed by atoms with E-state index in [9.17, 15) is 0 Å². The van der Waals surface area contributed by atoms with Crippen LogP contribution in [-0.4, -0.2) is 16.2 Å². The van der Waals surface area contributed by atoms with Crippen molar-refractivity contribution in [3.05, 3.63) is 108 Å². The van der Waals surface area contributed by atoms with Gasteiger partial charge in [0.05, 0.1) is 11.0 Å². The Kier molecular flexibility index (Phi) is 7.94. The van der Waals surface area contributed by atoms with Crippen LogP contribution < -0.4 is 5.32 Å². The number of nitrogens with one attached hydrogen (secondary N) is 2. The Labute approximate surface area is 243 Å². The minimum atomic E-state index is 0.319. The number of rotatable bonds is 8. The smallest absolute Gasteiger partial charge is 0.109 e. The first-order valence-corrected chi connectivity index (χ1v) is 14.5. The van der Waals surface area contributed by atoms with Crippen molar-refractivity contribution < 1.29 is 0 Å². The maximum atomic E-state index is 4.95. The highest BCUT2D eigenvalue weighted by atomic mass is 14.9. The van der Waals surface area contributed by atoms with Gasteiger partial charge in [-0.2, -0.15) is 0 Å². The van der Waals surface area contributed by atoms with Crippen molar-refractivity contribution >= 4 is 44.5 Å². The molecule has 0 amide bonds. The fourth-order valence-corrected chi connectivity index (χ4v) is 5.53. The Hall–Kier alpha value is -4.44. The number of aryl methyl sites for hydroxylation is 1. The maximum absolute atomic E-state index is 4.95. The van der Waals surface area contributed by atoms with Crippen LogP contribution in [0.4, 0.5) is 0 Å². The van der Waals surface area contributed by atoms with Crippen molar-refractivity contribution in [3.8, 4) is 11.1 Å². The first-order valence-electron chi connectivity index (χ1n) is 14.5. The second kappa shape index (κ2) is 11.6. The molecule has 208 valence electrons. The first kappa shape index (κ1) is 28.1. The van der Waals surface area contributed by atoms with E-state index in [-0.39, 0.29) is 0 Å². The molecule has 4 aromatic carbocycles. The van der Waals surface area contributed by atoms with Gasteiger partial charge in [0.2, 0.25) is 0 Å². The van der Waals surface area contributed by atoms with E-state index in [1.54, 1.807) is 6.20 Å². The largest absolute Gasteiger partial charge is 0.359 e. The van der Waals surface area contributed by atoms with Crippen LogP contribution in [-0.2, 0) is 0 Å². The van der Waals surface area contributed by atoms with E-state index in [0.717, 1.165) is 44.5 Å². The van der Waals surface area contributed by atoms with Gasteiger partial charge in [0.1, 0.15) is 5.82 Å². The quantitative estimate of drug-likeness (QED) is 0.192. The Balaban J connectivity index is 1.59. The number of aromatic nitrogens is 2. The number of nitrogens with zero attached hydrogens (tertiary/aromatic N) is 2. The Morgan fingerprint density at radius 1 is 0.902 bits per heavy atom. The minimum absolute atomic E-state index is 0.319. The molecule has 0 aliphatic carbocycles. The van der Waals surface area contributed by atoms with Crippen LogP contribution >= 0.6 is 0 Å². The zero-order chi connectivity index (χ0) is 29.3. The Bertz CT molecular complexity index is 1860. The highest BCUT2D eigenvalue weighted by Crippen LogP contribution is 2.35. The van der Waals surface area contributed by atoms with E-state index in [0.29, 0.717) is 11.8 Å². The average molecular weight is 541 g/mol. The van der Waals surface area contributed by atoms with Gasteiger partial charge in [0.25, 0.3) is 0 Å². The van der Waals surface area contributed by atoms with Crippen molar-refractivity contribution in [2.75, 3.05) is 0 Å². The summed E-state index contributed by atoms with van der Waals surface area (Å²) in [6.07, 6.45) is 7.79. The maximum Gasteiger partial charge on any atom is 0.109 e. The molecular weight excluding hydrogens is 500 g/mol. The van der Waals surface area contributed by atoms with Crippen molar-refractivity contribution in [2.45, 2.75) is 54.4 Å². The van der Waals surface area contributed by atoms with Crippen molar-refractivity contribution in [2.24, 2.45) is 10.9 Å². The van der Waals surface area contributed by atoms with E-state index < -0.39 is 0 Å². The summed E-state index contributed by atoms with van der Waals surface area (Å²) >= 11 is 0. The van der Waals surface area contributed by atoms with Gasteiger partial charge >= 0.3 is 0 Å². The number of hydrogen-bond acceptors (Lipinski definition) is 3. The Morgan fingerprint density at radius 2 is 1.61 bits per heavy atom. The van der Waals surface area contributed by atoms with Gasteiger partial charge in [0, 0.05) is 40.7 Å². The topological polar surface area (TPSA) is 53.1 Å². The summed E-state index contributed by atoms with van der Waals surface area (Å²) in [5, 5.41) is 8.37. The Morgan fingerprint density at radius 3 is 2.29 bits per heavy atom. The van der Waals surface area contributed by atoms with Crippen LogP contribution in [0.3, 0.4) is 0 Å². The van der Waals surface area contributed by atoms with Gasteiger partial charge in [-0.25, -0.2) is 4.98 Å². The number of fused-ring (bicyclic) bond motifs is 4. The van der Waals surface area contributed by atoms with Crippen molar-refractivity contribution in [3.63, 3.8) is 0 Å². The predicted octanol–water partition coefficient (Wildman–Crippen LogP) is 10.0. The van der Waals surface area contributed by atoms with Crippen LogP contribution in [0.1, 0.15) is 70.0 Å². The van der Waals surface area contributed by atoms with Crippen LogP contribution in [0.25, 0.3) is 49.4 Å². The molecule has 0 bridgehead atoms. The van der Waals surface area contributed by atoms with Crippen molar-refractivity contribution in [1.29, 1.82) is 0 Å². The van der Waals surface area contributed by atoms with Gasteiger partial charge in [0.15, 0.2) is 0 Å². The van der Waals surface area contributed by atoms with Gasteiger partial charge in [-0.15, -0.1) is 0 Å². The highest BCUT2D eigenvalue weighted by Gasteiger charge is 2.17. The van der Waals surface area contributed by atoms with Crippen LogP contribution in [0.15, 0.2) is 90.2 Å². The highest BCUT2D eigenvalue weighted by molar-refractivity contribution is 6.15. The molecule has 5 aromatic rings. The molecule has 1 aromatic heterocycles. The third-order valence-corrected chi connectivity index (χ3v) is 7.90. The molecule has 0 radical (unpaired) electrons. The number of allylic oxidation sites excluding steroid dienone is 3. The summed E-state index contributed by atoms with van der Waals surface area (Å²) in [4.78, 5) is 12.9. The second-order valence-electron chi connectivity index (χ2n) is 11.3. The van der Waals surface area contributed by atoms with E-state index >= 15 is 0 Å². The lowest BCUT2D eigenvalue weighted by Crippen LogP contribution is -2.15. The summed E-state index contributed by atoms with van der Waals surface area (Å²) in [7, 11) is 0. The van der Waals surface area contributed by atoms with Crippen LogP contribution in [0.2, 0.25) is 0 Å². The van der Waals surface area contributed by atoms with E-state index in [1.165, 1.54) is 33.2 Å². The SMILES string of the molecule is C=C/N=C\c1c(C)c2nc(C(C)C)[nH]c2c2ccc(-c3ccc4cc(/C(=C/C)N/C(=C\C)C(C)C)ccc4c3)cc12. The molecule has 0 spiro atoms.